The van der Waals surface area contributed by atoms with Gasteiger partial charge in [-0.1, -0.05) is 24.3 Å². The molecule has 0 aliphatic carbocycles. The van der Waals surface area contributed by atoms with Gasteiger partial charge in [-0.15, -0.1) is 11.3 Å². The maximum Gasteiger partial charge on any atom is 0.342 e. The second-order valence-electron chi connectivity index (χ2n) is 5.39. The molecule has 0 atom stereocenters. The quantitative estimate of drug-likeness (QED) is 0.695. The second-order valence-corrected chi connectivity index (χ2v) is 6.25. The van der Waals surface area contributed by atoms with E-state index in [1.54, 1.807) is 26.2 Å². The van der Waals surface area contributed by atoms with Crippen LogP contribution in [-0.4, -0.2) is 23.2 Å². The number of carbonyl (C=O) groups excluding carboxylic acids is 1. The molecule has 2 aromatic carbocycles. The molecule has 0 aliphatic rings. The van der Waals surface area contributed by atoms with Crippen LogP contribution in [0.5, 0.6) is 11.5 Å². The summed E-state index contributed by atoms with van der Waals surface area (Å²) in [6, 6.07) is 12.6. The number of thiazole rings is 1. The number of aryl methyl sites for hydroxylation is 1. The predicted octanol–water partition coefficient (Wildman–Crippen LogP) is 4.19. The van der Waals surface area contributed by atoms with Crippen molar-refractivity contribution in [1.82, 2.24) is 4.98 Å². The monoisotopic (exact) mass is 355 g/mol. The molecule has 0 saturated carbocycles. The molecule has 0 radical (unpaired) electrons. The number of aromatic nitrogens is 1. The highest BCUT2D eigenvalue weighted by molar-refractivity contribution is 7.13. The van der Waals surface area contributed by atoms with Crippen molar-refractivity contribution >= 4 is 17.3 Å². The first kappa shape index (κ1) is 17.0. The van der Waals surface area contributed by atoms with E-state index in [4.69, 9.17) is 9.47 Å². The van der Waals surface area contributed by atoms with Crippen molar-refractivity contribution in [3.05, 3.63) is 64.7 Å². The Labute approximate surface area is 149 Å². The molecule has 25 heavy (non-hydrogen) atoms. The van der Waals surface area contributed by atoms with Crippen molar-refractivity contribution in [2.45, 2.75) is 13.5 Å². The average molecular weight is 355 g/mol. The highest BCUT2D eigenvalue weighted by Gasteiger charge is 2.15. The van der Waals surface area contributed by atoms with Gasteiger partial charge in [-0.05, 0) is 30.7 Å². The Bertz CT molecular complexity index is 904. The van der Waals surface area contributed by atoms with E-state index in [9.17, 15) is 9.90 Å². The maximum atomic E-state index is 12.1. The van der Waals surface area contributed by atoms with Gasteiger partial charge in [0, 0.05) is 5.38 Å². The van der Waals surface area contributed by atoms with Crippen molar-refractivity contribution in [1.29, 1.82) is 0 Å². The Balaban J connectivity index is 1.72. The topological polar surface area (TPSA) is 68.7 Å². The van der Waals surface area contributed by atoms with Gasteiger partial charge in [0.05, 0.1) is 18.4 Å². The van der Waals surface area contributed by atoms with Crippen LogP contribution in [0.3, 0.4) is 0 Å². The molecule has 0 amide bonds. The van der Waals surface area contributed by atoms with E-state index in [-0.39, 0.29) is 17.9 Å². The van der Waals surface area contributed by atoms with Crippen molar-refractivity contribution in [2.75, 3.05) is 7.11 Å². The molecule has 1 aromatic heterocycles. The number of methoxy groups -OCH3 is 1. The minimum atomic E-state index is -0.576. The molecule has 3 rings (SSSR count). The third-order valence-electron chi connectivity index (χ3n) is 3.70. The Morgan fingerprint density at radius 2 is 2.00 bits per heavy atom. The molecule has 0 unspecified atom stereocenters. The number of carbonyl (C=O) groups is 1. The van der Waals surface area contributed by atoms with Gasteiger partial charge in [0.1, 0.15) is 28.7 Å². The van der Waals surface area contributed by atoms with Crippen molar-refractivity contribution < 1.29 is 19.4 Å². The standard InChI is InChI=1S/C19H17NO4S/c1-12-6-5-8-15(17(12)21)19(22)24-10-13-11-25-18(20-13)14-7-3-4-9-16(14)23-2/h3-9,11,21H,10H2,1-2H3. The van der Waals surface area contributed by atoms with E-state index in [2.05, 4.69) is 4.98 Å². The van der Waals surface area contributed by atoms with Gasteiger partial charge in [0.25, 0.3) is 0 Å². The van der Waals surface area contributed by atoms with Crippen LogP contribution in [0.4, 0.5) is 0 Å². The van der Waals surface area contributed by atoms with Crippen molar-refractivity contribution in [3.8, 4) is 22.1 Å². The first-order valence-electron chi connectivity index (χ1n) is 7.63. The largest absolute Gasteiger partial charge is 0.507 e. The molecule has 0 bridgehead atoms. The zero-order valence-corrected chi connectivity index (χ0v) is 14.7. The number of phenolic OH excluding ortho intramolecular Hbond substituents is 1. The fourth-order valence-electron chi connectivity index (χ4n) is 2.36. The van der Waals surface area contributed by atoms with Crippen LogP contribution in [0.2, 0.25) is 0 Å². The number of esters is 1. The van der Waals surface area contributed by atoms with Gasteiger partial charge < -0.3 is 14.6 Å². The number of nitrogens with zero attached hydrogens (tertiary/aromatic N) is 1. The smallest absolute Gasteiger partial charge is 0.342 e. The zero-order chi connectivity index (χ0) is 17.8. The summed E-state index contributed by atoms with van der Waals surface area (Å²) in [5, 5.41) is 12.6. The third-order valence-corrected chi connectivity index (χ3v) is 4.62. The normalized spacial score (nSPS) is 10.5. The van der Waals surface area contributed by atoms with Crippen LogP contribution >= 0.6 is 11.3 Å². The molecule has 1 N–H and O–H groups in total. The fraction of sp³-hybridized carbons (Fsp3) is 0.158. The number of aromatic hydroxyl groups is 1. The lowest BCUT2D eigenvalue weighted by atomic mass is 10.1. The minimum Gasteiger partial charge on any atom is -0.507 e. The van der Waals surface area contributed by atoms with Gasteiger partial charge in [0.2, 0.25) is 0 Å². The number of phenols is 1. The molecule has 0 fully saturated rings. The number of hydrogen-bond donors (Lipinski definition) is 1. The molecule has 0 saturated heterocycles. The average Bonchev–Trinajstić information content (AvgIpc) is 3.10. The SMILES string of the molecule is COc1ccccc1-c1nc(COC(=O)c2cccc(C)c2O)cs1. The van der Waals surface area contributed by atoms with Crippen LogP contribution in [-0.2, 0) is 11.3 Å². The van der Waals surface area contributed by atoms with E-state index in [1.165, 1.54) is 17.4 Å². The highest BCUT2D eigenvalue weighted by Crippen LogP contribution is 2.32. The van der Waals surface area contributed by atoms with Gasteiger partial charge in [-0.2, -0.15) is 0 Å². The lowest BCUT2D eigenvalue weighted by Gasteiger charge is -2.07. The summed E-state index contributed by atoms with van der Waals surface area (Å²) in [6.45, 7) is 1.77. The van der Waals surface area contributed by atoms with Gasteiger partial charge >= 0.3 is 5.97 Å². The summed E-state index contributed by atoms with van der Waals surface area (Å²) >= 11 is 1.45. The van der Waals surface area contributed by atoms with Crippen LogP contribution in [0.15, 0.2) is 47.8 Å². The molecule has 128 valence electrons. The molecule has 1 heterocycles. The molecular formula is C19H17NO4S. The number of rotatable bonds is 5. The van der Waals surface area contributed by atoms with Crippen LogP contribution in [0, 0.1) is 6.92 Å². The van der Waals surface area contributed by atoms with E-state index in [0.717, 1.165) is 16.3 Å². The van der Waals surface area contributed by atoms with Gasteiger partial charge in [-0.3, -0.25) is 0 Å². The van der Waals surface area contributed by atoms with Crippen molar-refractivity contribution in [2.24, 2.45) is 0 Å². The molecular weight excluding hydrogens is 338 g/mol. The van der Waals surface area contributed by atoms with E-state index < -0.39 is 5.97 Å². The molecule has 6 heteroatoms. The summed E-state index contributed by atoms with van der Waals surface area (Å²) < 4.78 is 10.6. The van der Waals surface area contributed by atoms with Gasteiger partial charge in [-0.25, -0.2) is 9.78 Å². The zero-order valence-electron chi connectivity index (χ0n) is 13.9. The lowest BCUT2D eigenvalue weighted by molar-refractivity contribution is 0.0465. The third kappa shape index (κ3) is 3.64. The Hall–Kier alpha value is -2.86. The lowest BCUT2D eigenvalue weighted by Crippen LogP contribution is -2.06. The van der Waals surface area contributed by atoms with E-state index in [0.29, 0.717) is 11.3 Å². The fourth-order valence-corrected chi connectivity index (χ4v) is 3.19. The first-order valence-corrected chi connectivity index (χ1v) is 8.51. The van der Waals surface area contributed by atoms with Crippen molar-refractivity contribution in [3.63, 3.8) is 0 Å². The molecule has 3 aromatic rings. The Kier molecular flexibility index (Phi) is 5.00. The van der Waals surface area contributed by atoms with Crippen LogP contribution in [0.1, 0.15) is 21.6 Å². The number of para-hydroxylation sites is 2. The summed E-state index contributed by atoms with van der Waals surface area (Å²) in [4.78, 5) is 16.6. The van der Waals surface area contributed by atoms with E-state index >= 15 is 0 Å². The van der Waals surface area contributed by atoms with Gasteiger partial charge in [0.15, 0.2) is 0 Å². The molecule has 0 aliphatic heterocycles. The Morgan fingerprint density at radius 3 is 2.80 bits per heavy atom. The summed E-state index contributed by atoms with van der Waals surface area (Å²) in [5.41, 5.74) is 2.32. The van der Waals surface area contributed by atoms with Crippen LogP contribution in [0.25, 0.3) is 10.6 Å². The van der Waals surface area contributed by atoms with Crippen LogP contribution < -0.4 is 4.74 Å². The minimum absolute atomic E-state index is 0.0395. The highest BCUT2D eigenvalue weighted by atomic mass is 32.1. The second kappa shape index (κ2) is 7.36. The first-order chi connectivity index (χ1) is 12.1. The van der Waals surface area contributed by atoms with E-state index in [1.807, 2.05) is 29.6 Å². The summed E-state index contributed by atoms with van der Waals surface area (Å²) in [7, 11) is 1.61. The number of benzene rings is 2. The number of hydrogen-bond acceptors (Lipinski definition) is 6. The molecule has 0 spiro atoms. The maximum absolute atomic E-state index is 12.1. The Morgan fingerprint density at radius 1 is 1.20 bits per heavy atom. The predicted molar refractivity (Wildman–Crippen MR) is 96.1 cm³/mol. The number of ether oxygens (including phenoxy) is 2. The summed E-state index contributed by atoms with van der Waals surface area (Å²) in [6.07, 6.45) is 0. The molecule has 5 nitrogen and oxygen atoms in total. The summed E-state index contributed by atoms with van der Waals surface area (Å²) in [5.74, 6) is 0.110.